The van der Waals surface area contributed by atoms with Crippen molar-refractivity contribution in [1.82, 2.24) is 0 Å². The number of anilines is 6. The van der Waals surface area contributed by atoms with Crippen molar-refractivity contribution >= 4 is 122 Å². The van der Waals surface area contributed by atoms with Gasteiger partial charge in [-0.1, -0.05) is 72.8 Å². The van der Waals surface area contributed by atoms with Crippen LogP contribution in [0.4, 0.5) is 34.1 Å². The van der Waals surface area contributed by atoms with Gasteiger partial charge < -0.3 is 19.3 Å². The van der Waals surface area contributed by atoms with Crippen LogP contribution in [0.3, 0.4) is 0 Å². The molecule has 4 nitrogen and oxygen atoms in total. The molecule has 0 aliphatic carbocycles. The summed E-state index contributed by atoms with van der Waals surface area (Å²) in [7, 11) is 0. The van der Waals surface area contributed by atoms with Gasteiger partial charge in [-0.3, -0.25) is 0 Å². The van der Waals surface area contributed by atoms with E-state index < -0.39 is 20.4 Å². The second-order valence-electron chi connectivity index (χ2n) is 15.6. The van der Waals surface area contributed by atoms with Crippen LogP contribution in [0.5, 0.6) is 23.0 Å². The van der Waals surface area contributed by atoms with Crippen LogP contribution < -0.4 is 50.7 Å². The number of thiophene rings is 2. The van der Waals surface area contributed by atoms with Crippen LogP contribution in [0.1, 0.15) is 30.5 Å². The number of aryl methyl sites for hydroxylation is 4. The van der Waals surface area contributed by atoms with E-state index in [1.54, 1.807) is 23.5 Å². The quantitative estimate of drug-likeness (QED) is 0.163. The van der Waals surface area contributed by atoms with Crippen LogP contribution in [0.2, 0.25) is 0 Å². The lowest BCUT2D eigenvalue weighted by molar-refractivity contribution is 0.484. The Morgan fingerprint density at radius 2 is 0.897 bits per heavy atom. The fraction of sp³-hybridized carbons (Fsp3) is 0.0800. The molecule has 9 aromatic rings. The van der Waals surface area contributed by atoms with E-state index >= 15 is 0 Å². The molecule has 4 aliphatic heterocycles. The molecular formula is C50H34B2N2O2S2. The number of nitrogens with zero attached hydrogens (tertiary/aromatic N) is 2. The van der Waals surface area contributed by atoms with Crippen LogP contribution in [-0.2, 0) is 0 Å². The van der Waals surface area contributed by atoms with Crippen LogP contribution in [0, 0.1) is 27.6 Å². The molecule has 0 bridgehead atoms. The van der Waals surface area contributed by atoms with E-state index in [0.717, 1.165) is 82.4 Å². The molecule has 8 heteroatoms. The zero-order valence-electron chi connectivity index (χ0n) is 37.4. The van der Waals surface area contributed by atoms with Gasteiger partial charge in [0.1, 0.15) is 23.0 Å². The van der Waals surface area contributed by atoms with E-state index in [9.17, 15) is 0 Å². The molecule has 0 atom stereocenters. The molecule has 0 N–H and O–H groups in total. The molecule has 0 saturated heterocycles. The maximum Gasteiger partial charge on any atom is 0.269 e. The summed E-state index contributed by atoms with van der Waals surface area (Å²) in [6.07, 6.45) is 0. The van der Waals surface area contributed by atoms with Crippen LogP contribution >= 0.6 is 22.7 Å². The van der Waals surface area contributed by atoms with Crippen molar-refractivity contribution in [3.8, 4) is 23.0 Å². The molecule has 13 rings (SSSR count). The Balaban J connectivity index is 1.22. The lowest BCUT2D eigenvalue weighted by Gasteiger charge is -2.46. The summed E-state index contributed by atoms with van der Waals surface area (Å²) in [6, 6.07) is 45.4. The molecule has 0 fully saturated rings. The monoisotopic (exact) mass is 786 g/mol. The minimum absolute atomic E-state index is 0.173. The average molecular weight is 787 g/mol. The maximum atomic E-state index is 8.53. The maximum absolute atomic E-state index is 8.53. The number of ether oxygens (including phenoxy) is 2. The Morgan fingerprint density at radius 3 is 1.40 bits per heavy atom. The first-order valence-corrected chi connectivity index (χ1v) is 21.1. The van der Waals surface area contributed by atoms with E-state index in [0.29, 0.717) is 21.6 Å². The number of hydrogen-bond donors (Lipinski definition) is 0. The van der Waals surface area contributed by atoms with Gasteiger partial charge in [-0.05, 0) is 121 Å². The SMILES string of the molecule is [2H]C([2H])([2H])c1cc2sc3c(c2cc1C([2H])([2H])[2H])Oc1c2c(c4c5c1N(c1ccccc1)c1ccccc1B5c1sc5cc(C)c(C)cc5c1O4)N(c1ccccc1)c1ccccc1B32. The van der Waals surface area contributed by atoms with Crippen molar-refractivity contribution in [3.63, 3.8) is 0 Å². The van der Waals surface area contributed by atoms with Crippen molar-refractivity contribution in [1.29, 1.82) is 0 Å². The summed E-state index contributed by atoms with van der Waals surface area (Å²) in [4.78, 5) is 4.63. The first kappa shape index (κ1) is 27.4. The van der Waals surface area contributed by atoms with Crippen molar-refractivity contribution < 1.29 is 17.7 Å². The molecule has 0 radical (unpaired) electrons. The number of hydrogen-bond acceptors (Lipinski definition) is 6. The van der Waals surface area contributed by atoms with Gasteiger partial charge >= 0.3 is 0 Å². The first-order valence-electron chi connectivity index (χ1n) is 22.5. The summed E-state index contributed by atoms with van der Waals surface area (Å²) in [6.45, 7) is -1.63. The lowest BCUT2D eigenvalue weighted by Crippen LogP contribution is -2.63. The van der Waals surface area contributed by atoms with Gasteiger partial charge in [-0.25, -0.2) is 0 Å². The van der Waals surface area contributed by atoms with Crippen molar-refractivity contribution in [2.24, 2.45) is 0 Å². The Hall–Kier alpha value is -6.21. The smallest absolute Gasteiger partial charge is 0.269 e. The average Bonchev–Trinajstić information content (AvgIpc) is 3.83. The molecular weight excluding hydrogens is 746 g/mol. The van der Waals surface area contributed by atoms with Gasteiger partial charge in [0.05, 0.1) is 11.4 Å². The first-order chi connectivity index (χ1) is 30.9. The molecule has 0 amide bonds. The van der Waals surface area contributed by atoms with E-state index in [2.05, 4.69) is 121 Å². The van der Waals surface area contributed by atoms with Crippen molar-refractivity contribution in [3.05, 3.63) is 156 Å². The van der Waals surface area contributed by atoms with Gasteiger partial charge in [-0.15, -0.1) is 22.7 Å². The third-order valence-corrected chi connectivity index (χ3v) is 14.9. The molecule has 0 unspecified atom stereocenters. The number of para-hydroxylation sites is 4. The van der Waals surface area contributed by atoms with Crippen LogP contribution in [-0.4, -0.2) is 13.4 Å². The normalized spacial score (nSPS) is 16.0. The van der Waals surface area contributed by atoms with Gasteiger partial charge in [0, 0.05) is 71.6 Å². The lowest BCUT2D eigenvalue weighted by atomic mass is 9.33. The topological polar surface area (TPSA) is 24.9 Å². The fourth-order valence-corrected chi connectivity index (χ4v) is 12.5. The van der Waals surface area contributed by atoms with Gasteiger partial charge in [0.25, 0.3) is 13.4 Å². The second kappa shape index (κ2) is 11.7. The zero-order valence-corrected chi connectivity index (χ0v) is 33.0. The summed E-state index contributed by atoms with van der Waals surface area (Å²) in [5.74, 6) is 2.81. The van der Waals surface area contributed by atoms with Crippen molar-refractivity contribution in [2.75, 3.05) is 9.80 Å². The van der Waals surface area contributed by atoms with Crippen molar-refractivity contribution in [2.45, 2.75) is 27.6 Å². The predicted octanol–water partition coefficient (Wildman–Crippen LogP) is 10.2. The van der Waals surface area contributed by atoms with Crippen LogP contribution in [0.15, 0.2) is 133 Å². The molecule has 7 aromatic carbocycles. The Morgan fingerprint density at radius 1 is 0.483 bits per heavy atom. The molecule has 0 saturated carbocycles. The van der Waals surface area contributed by atoms with Gasteiger partial charge in [-0.2, -0.15) is 0 Å². The Kier molecular flexibility index (Phi) is 5.53. The van der Waals surface area contributed by atoms with Gasteiger partial charge in [0.2, 0.25) is 0 Å². The van der Waals surface area contributed by atoms with E-state index in [1.165, 1.54) is 27.2 Å². The standard InChI is InChI=1S/C50H34B2N2O2S2/c1-27-23-33-39(25-29(27)3)57-49-45(33)55-47-41-44(54(32-17-9-6-10-18-32)37-21-13-11-19-35(37)51(41)49)48-42-43(47)53(31-15-7-5-8-16-31)38-22-14-12-20-36(38)52(42)50-46(56-48)34-24-28(2)30(4)26-40(34)58-50/h5-26H,1-4H3/i1D3,3D3. The minimum Gasteiger partial charge on any atom is -0.455 e. The van der Waals surface area contributed by atoms with Crippen LogP contribution in [0.25, 0.3) is 20.2 Å². The third-order valence-electron chi connectivity index (χ3n) is 12.5. The fourth-order valence-electron chi connectivity index (χ4n) is 9.84. The molecule has 4 aliphatic rings. The highest BCUT2D eigenvalue weighted by molar-refractivity contribution is 7.34. The summed E-state index contributed by atoms with van der Waals surface area (Å²) in [5, 5.41) is 1.66. The van der Waals surface area contributed by atoms with E-state index in [-0.39, 0.29) is 17.8 Å². The third kappa shape index (κ3) is 4.21. The van der Waals surface area contributed by atoms with E-state index in [1.807, 2.05) is 24.3 Å². The molecule has 6 heterocycles. The molecule has 2 aromatic heterocycles. The highest BCUT2D eigenvalue weighted by Gasteiger charge is 2.53. The highest BCUT2D eigenvalue weighted by atomic mass is 32.1. The summed E-state index contributed by atoms with van der Waals surface area (Å²) >= 11 is 3.24. The molecule has 58 heavy (non-hydrogen) atoms. The van der Waals surface area contributed by atoms with Gasteiger partial charge in [0.15, 0.2) is 0 Å². The zero-order chi connectivity index (χ0) is 43.6. The summed E-state index contributed by atoms with van der Waals surface area (Å²) in [5.41, 5.74) is 11.8. The van der Waals surface area contributed by atoms with E-state index in [4.69, 9.17) is 17.7 Å². The minimum atomic E-state index is -2.68. The largest absolute Gasteiger partial charge is 0.455 e. The Labute approximate surface area is 354 Å². The Bertz CT molecular complexity index is 3500. The summed E-state index contributed by atoms with van der Waals surface area (Å²) < 4.78 is 69.9. The highest BCUT2D eigenvalue weighted by Crippen LogP contribution is 2.55. The number of fused-ring (bicyclic) bond motifs is 14. The number of benzene rings is 7. The molecule has 0 spiro atoms. The number of rotatable bonds is 2. The second-order valence-corrected chi connectivity index (χ2v) is 17.8. The predicted molar refractivity (Wildman–Crippen MR) is 248 cm³/mol. The molecule has 274 valence electrons.